The smallest absolute Gasteiger partial charge is 0.253 e. The fraction of sp³-hybridized carbons (Fsp3) is 0.300. The molecule has 0 aromatic carbocycles. The minimum Gasteiger partial charge on any atom is -0.342 e. The van der Waals surface area contributed by atoms with E-state index < -0.39 is 0 Å². The topological polar surface area (TPSA) is 77.1 Å². The van der Waals surface area contributed by atoms with Crippen molar-refractivity contribution in [1.29, 1.82) is 0 Å². The molecule has 4 heterocycles. The average Bonchev–Trinajstić information content (AvgIpc) is 3.44. The molecule has 0 spiro atoms. The number of fused-ring (bicyclic) bond motifs is 1. The van der Waals surface area contributed by atoms with Gasteiger partial charge in [-0.05, 0) is 50.5 Å². The Labute approximate surface area is 177 Å². The molecule has 0 saturated carbocycles. The minimum atomic E-state index is -0.227. The van der Waals surface area contributed by atoms with Gasteiger partial charge in [0.25, 0.3) is 5.91 Å². The molecule has 0 aliphatic heterocycles. The number of aromatic nitrogens is 5. The maximum Gasteiger partial charge on any atom is 0.253 e. The number of amides is 1. The second-order valence-electron chi connectivity index (χ2n) is 6.73. The highest BCUT2D eigenvalue weighted by Gasteiger charge is 2.24. The molecule has 0 saturated heterocycles. The van der Waals surface area contributed by atoms with Gasteiger partial charge in [0.05, 0.1) is 11.6 Å². The van der Waals surface area contributed by atoms with Crippen molar-refractivity contribution in [1.82, 2.24) is 29.5 Å². The van der Waals surface area contributed by atoms with E-state index in [1.165, 1.54) is 0 Å². The van der Waals surface area contributed by atoms with E-state index in [0.717, 1.165) is 40.2 Å². The van der Waals surface area contributed by atoms with Crippen LogP contribution < -0.4 is 5.32 Å². The molecule has 1 amide bonds. The van der Waals surface area contributed by atoms with Gasteiger partial charge in [-0.2, -0.15) is 11.8 Å². The first kappa shape index (κ1) is 19.7. The van der Waals surface area contributed by atoms with E-state index in [-0.39, 0.29) is 11.9 Å². The number of nitrogens with one attached hydrogen (secondary N) is 1. The molecule has 0 radical (unpaired) electrons. The van der Waals surface area contributed by atoms with E-state index in [0.29, 0.717) is 5.56 Å². The molecule has 1 atom stereocenters. The molecule has 1 unspecified atom stereocenters. The number of thiazole rings is 1. The van der Waals surface area contributed by atoms with Crippen LogP contribution in [0, 0.1) is 13.8 Å². The third kappa shape index (κ3) is 3.79. The van der Waals surface area contributed by atoms with E-state index in [9.17, 15) is 4.79 Å². The van der Waals surface area contributed by atoms with Crippen LogP contribution in [0.3, 0.4) is 0 Å². The summed E-state index contributed by atoms with van der Waals surface area (Å²) in [5.41, 5.74) is 3.29. The normalized spacial score (nSPS) is 12.4. The van der Waals surface area contributed by atoms with E-state index in [1.807, 2.05) is 58.7 Å². The molecule has 4 rings (SSSR count). The molecule has 0 fully saturated rings. The Kier molecular flexibility index (Phi) is 5.68. The summed E-state index contributed by atoms with van der Waals surface area (Å²) in [5.74, 6) is 1.54. The van der Waals surface area contributed by atoms with Crippen LogP contribution >= 0.6 is 23.1 Å². The molecule has 7 nitrogen and oxygen atoms in total. The Morgan fingerprint density at radius 1 is 1.31 bits per heavy atom. The van der Waals surface area contributed by atoms with Crippen LogP contribution in [0.1, 0.15) is 40.0 Å². The predicted octanol–water partition coefficient (Wildman–Crippen LogP) is 3.82. The number of thioether (sulfide) groups is 1. The van der Waals surface area contributed by atoms with Crippen LogP contribution in [-0.4, -0.2) is 42.1 Å². The fourth-order valence-corrected chi connectivity index (χ4v) is 4.67. The number of nitrogens with zero attached hydrogens (tertiary/aromatic N) is 5. The first-order chi connectivity index (χ1) is 14.1. The summed E-state index contributed by atoms with van der Waals surface area (Å²) in [5, 5.41) is 14.6. The highest BCUT2D eigenvalue weighted by Crippen LogP contribution is 2.24. The molecule has 1 N–H and O–H groups in total. The Hall–Kier alpha value is -2.65. The van der Waals surface area contributed by atoms with Gasteiger partial charge in [-0.1, -0.05) is 6.07 Å². The molecule has 9 heteroatoms. The molecule has 4 aromatic rings. The highest BCUT2D eigenvalue weighted by atomic mass is 32.2. The monoisotopic (exact) mass is 426 g/mol. The zero-order valence-electron chi connectivity index (χ0n) is 16.5. The molecule has 4 aromatic heterocycles. The van der Waals surface area contributed by atoms with Crippen molar-refractivity contribution in [2.24, 2.45) is 0 Å². The number of aryl methyl sites for hydroxylation is 1. The fourth-order valence-electron chi connectivity index (χ4n) is 3.45. The Bertz CT molecular complexity index is 1130. The Morgan fingerprint density at radius 3 is 2.93 bits per heavy atom. The number of hydrogen-bond donors (Lipinski definition) is 1. The van der Waals surface area contributed by atoms with E-state index >= 15 is 0 Å². The largest absolute Gasteiger partial charge is 0.342 e. The maximum absolute atomic E-state index is 13.2. The average molecular weight is 427 g/mol. The molecule has 29 heavy (non-hydrogen) atoms. The first-order valence-corrected chi connectivity index (χ1v) is 11.6. The molecule has 150 valence electrons. The van der Waals surface area contributed by atoms with E-state index in [1.54, 1.807) is 29.3 Å². The molecule has 0 aliphatic rings. The van der Waals surface area contributed by atoms with Crippen LogP contribution in [0.25, 0.3) is 10.8 Å². The second kappa shape index (κ2) is 8.38. The minimum absolute atomic E-state index is 0.111. The Balaban J connectivity index is 1.65. The van der Waals surface area contributed by atoms with E-state index in [2.05, 4.69) is 26.8 Å². The standard InChI is InChI=1S/C20H22N6OS2/c1-13-12-15(14(2)26(13)20-21-8-11-29-20)19(27)22-16(7-10-28-3)18-24-23-17-6-4-5-9-25(17)18/h4-6,8-9,11-12,16H,7,10H2,1-3H3,(H,22,27). The predicted molar refractivity (Wildman–Crippen MR) is 117 cm³/mol. The van der Waals surface area contributed by atoms with Crippen LogP contribution in [0.2, 0.25) is 0 Å². The van der Waals surface area contributed by atoms with Crippen molar-refractivity contribution in [3.05, 3.63) is 64.8 Å². The summed E-state index contributed by atoms with van der Waals surface area (Å²) in [6, 6.07) is 7.46. The van der Waals surface area contributed by atoms with Crippen LogP contribution in [0.5, 0.6) is 0 Å². The van der Waals surface area contributed by atoms with Crippen LogP contribution in [0.4, 0.5) is 0 Å². The van der Waals surface area contributed by atoms with Crippen molar-refractivity contribution in [3.8, 4) is 5.13 Å². The molecule has 0 bridgehead atoms. The second-order valence-corrected chi connectivity index (χ2v) is 8.59. The van der Waals surface area contributed by atoms with Crippen LogP contribution in [0.15, 0.2) is 42.0 Å². The number of carbonyl (C=O) groups is 1. The third-order valence-electron chi connectivity index (χ3n) is 4.85. The van der Waals surface area contributed by atoms with Crippen molar-refractivity contribution in [2.75, 3.05) is 12.0 Å². The van der Waals surface area contributed by atoms with Gasteiger partial charge in [0.2, 0.25) is 0 Å². The van der Waals surface area contributed by atoms with Gasteiger partial charge >= 0.3 is 0 Å². The lowest BCUT2D eigenvalue weighted by Gasteiger charge is -2.17. The first-order valence-electron chi connectivity index (χ1n) is 9.28. The van der Waals surface area contributed by atoms with E-state index in [4.69, 9.17) is 0 Å². The van der Waals surface area contributed by atoms with Gasteiger partial charge in [-0.25, -0.2) is 4.98 Å². The van der Waals surface area contributed by atoms with Crippen LogP contribution in [-0.2, 0) is 0 Å². The lowest BCUT2D eigenvalue weighted by atomic mass is 10.1. The van der Waals surface area contributed by atoms with Gasteiger partial charge in [0.15, 0.2) is 16.6 Å². The zero-order chi connectivity index (χ0) is 20.4. The summed E-state index contributed by atoms with van der Waals surface area (Å²) in [7, 11) is 0. The quantitative estimate of drug-likeness (QED) is 0.486. The summed E-state index contributed by atoms with van der Waals surface area (Å²) in [6.07, 6.45) is 6.53. The lowest BCUT2D eigenvalue weighted by molar-refractivity contribution is 0.0933. The summed E-state index contributed by atoms with van der Waals surface area (Å²) in [4.78, 5) is 17.6. The van der Waals surface area contributed by atoms with Gasteiger partial charge in [0, 0.05) is 29.2 Å². The Morgan fingerprint density at radius 2 is 2.17 bits per heavy atom. The van der Waals surface area contributed by atoms with Crippen molar-refractivity contribution in [3.63, 3.8) is 0 Å². The number of rotatable bonds is 7. The molecular formula is C20H22N6OS2. The van der Waals surface area contributed by atoms with Gasteiger partial charge in [-0.15, -0.1) is 21.5 Å². The number of pyridine rings is 1. The summed E-state index contributed by atoms with van der Waals surface area (Å²) in [6.45, 7) is 3.94. The van der Waals surface area contributed by atoms with Gasteiger partial charge in [0.1, 0.15) is 0 Å². The number of hydrogen-bond acceptors (Lipinski definition) is 6. The maximum atomic E-state index is 13.2. The van der Waals surface area contributed by atoms with Gasteiger partial charge in [-0.3, -0.25) is 13.8 Å². The summed E-state index contributed by atoms with van der Waals surface area (Å²) < 4.78 is 3.95. The SMILES string of the molecule is CSCCC(NC(=O)c1cc(C)n(-c2nccs2)c1C)c1nnc2ccccn12. The van der Waals surface area contributed by atoms with Gasteiger partial charge < -0.3 is 5.32 Å². The van der Waals surface area contributed by atoms with Crippen molar-refractivity contribution in [2.45, 2.75) is 26.3 Å². The highest BCUT2D eigenvalue weighted by molar-refractivity contribution is 7.98. The van der Waals surface area contributed by atoms with Crippen molar-refractivity contribution < 1.29 is 4.79 Å². The number of carbonyl (C=O) groups excluding carboxylic acids is 1. The zero-order valence-corrected chi connectivity index (χ0v) is 18.1. The molecule has 0 aliphatic carbocycles. The molecular weight excluding hydrogens is 404 g/mol. The lowest BCUT2D eigenvalue weighted by Crippen LogP contribution is -2.30. The van der Waals surface area contributed by atoms with Crippen molar-refractivity contribution >= 4 is 34.7 Å². The summed E-state index contributed by atoms with van der Waals surface area (Å²) >= 11 is 3.29. The third-order valence-corrected chi connectivity index (χ3v) is 6.25.